The maximum atomic E-state index is 13.9. The highest BCUT2D eigenvalue weighted by Crippen LogP contribution is 2.36. The SMILES string of the molecule is CC(N)c1cccc(F)c1Oc1cc(Br)ccc1Cl. The summed E-state index contributed by atoms with van der Waals surface area (Å²) in [7, 11) is 0. The van der Waals surface area contributed by atoms with Gasteiger partial charge in [-0.1, -0.05) is 39.7 Å². The topological polar surface area (TPSA) is 35.2 Å². The fraction of sp³-hybridized carbons (Fsp3) is 0.143. The molecule has 2 aromatic rings. The summed E-state index contributed by atoms with van der Waals surface area (Å²) in [5, 5.41) is 0.405. The van der Waals surface area contributed by atoms with Gasteiger partial charge in [-0.2, -0.15) is 0 Å². The van der Waals surface area contributed by atoms with Crippen molar-refractivity contribution in [2.75, 3.05) is 0 Å². The summed E-state index contributed by atoms with van der Waals surface area (Å²) in [5.41, 5.74) is 6.41. The molecule has 1 unspecified atom stereocenters. The third-order valence-corrected chi connectivity index (χ3v) is 3.40. The predicted molar refractivity (Wildman–Crippen MR) is 78.2 cm³/mol. The molecule has 0 heterocycles. The summed E-state index contributed by atoms with van der Waals surface area (Å²) in [4.78, 5) is 0. The van der Waals surface area contributed by atoms with Crippen LogP contribution < -0.4 is 10.5 Å². The van der Waals surface area contributed by atoms with Crippen molar-refractivity contribution in [1.29, 1.82) is 0 Å². The molecule has 0 radical (unpaired) electrons. The number of halogens is 3. The van der Waals surface area contributed by atoms with Crippen molar-refractivity contribution in [2.45, 2.75) is 13.0 Å². The zero-order valence-electron chi connectivity index (χ0n) is 10.2. The maximum Gasteiger partial charge on any atom is 0.167 e. The largest absolute Gasteiger partial charge is 0.452 e. The highest BCUT2D eigenvalue weighted by Gasteiger charge is 2.15. The van der Waals surface area contributed by atoms with Crippen LogP contribution in [0.25, 0.3) is 0 Å². The first kappa shape index (κ1) is 14.3. The molecule has 0 aliphatic carbocycles. The summed E-state index contributed by atoms with van der Waals surface area (Å²) in [5.74, 6) is 0.0198. The van der Waals surface area contributed by atoms with Crippen molar-refractivity contribution in [3.8, 4) is 11.5 Å². The van der Waals surface area contributed by atoms with Crippen LogP contribution in [0.3, 0.4) is 0 Å². The zero-order chi connectivity index (χ0) is 14.0. The second-order valence-electron chi connectivity index (χ2n) is 4.12. The summed E-state index contributed by atoms with van der Waals surface area (Å²) in [6, 6.07) is 9.46. The third-order valence-electron chi connectivity index (χ3n) is 2.59. The van der Waals surface area contributed by atoms with Gasteiger partial charge in [-0.05, 0) is 31.2 Å². The number of para-hydroxylation sites is 1. The Balaban J connectivity index is 2.46. The van der Waals surface area contributed by atoms with Gasteiger partial charge in [-0.25, -0.2) is 4.39 Å². The first-order chi connectivity index (χ1) is 8.99. The Kier molecular flexibility index (Phi) is 4.45. The lowest BCUT2D eigenvalue weighted by Crippen LogP contribution is -2.07. The van der Waals surface area contributed by atoms with Crippen molar-refractivity contribution < 1.29 is 9.13 Å². The van der Waals surface area contributed by atoms with E-state index in [9.17, 15) is 4.39 Å². The molecule has 0 fully saturated rings. The van der Waals surface area contributed by atoms with Gasteiger partial charge in [0.1, 0.15) is 5.75 Å². The second-order valence-corrected chi connectivity index (χ2v) is 5.45. The van der Waals surface area contributed by atoms with Gasteiger partial charge in [0.2, 0.25) is 0 Å². The Bertz CT molecular complexity index is 604. The average molecular weight is 345 g/mol. The minimum atomic E-state index is -0.467. The molecular formula is C14H12BrClFNO. The molecule has 0 bridgehead atoms. The molecule has 2 nitrogen and oxygen atoms in total. The summed E-state index contributed by atoms with van der Waals surface area (Å²) >= 11 is 9.35. The first-order valence-electron chi connectivity index (χ1n) is 5.66. The van der Waals surface area contributed by atoms with Gasteiger partial charge in [-0.15, -0.1) is 0 Å². The van der Waals surface area contributed by atoms with E-state index >= 15 is 0 Å². The molecule has 19 heavy (non-hydrogen) atoms. The average Bonchev–Trinajstić information content (AvgIpc) is 2.35. The van der Waals surface area contributed by atoms with E-state index in [0.717, 1.165) is 4.47 Å². The van der Waals surface area contributed by atoms with Crippen molar-refractivity contribution in [3.05, 3.63) is 57.3 Å². The Labute approximate surface area is 124 Å². The van der Waals surface area contributed by atoms with Gasteiger partial charge in [0.15, 0.2) is 11.6 Å². The molecule has 2 N–H and O–H groups in total. The van der Waals surface area contributed by atoms with E-state index in [2.05, 4.69) is 15.9 Å². The zero-order valence-corrected chi connectivity index (χ0v) is 12.5. The molecule has 0 aromatic heterocycles. The lowest BCUT2D eigenvalue weighted by atomic mass is 10.1. The molecule has 0 amide bonds. The van der Waals surface area contributed by atoms with E-state index in [1.807, 2.05) is 0 Å². The van der Waals surface area contributed by atoms with Crippen molar-refractivity contribution in [1.82, 2.24) is 0 Å². The lowest BCUT2D eigenvalue weighted by Gasteiger charge is -2.15. The quantitative estimate of drug-likeness (QED) is 0.845. The Morgan fingerprint density at radius 2 is 2.05 bits per heavy atom. The minimum Gasteiger partial charge on any atom is -0.452 e. The molecule has 0 aliphatic heterocycles. The van der Waals surface area contributed by atoms with Crippen LogP contribution in [-0.4, -0.2) is 0 Å². The van der Waals surface area contributed by atoms with E-state index in [-0.39, 0.29) is 11.8 Å². The highest BCUT2D eigenvalue weighted by molar-refractivity contribution is 9.10. The first-order valence-corrected chi connectivity index (χ1v) is 6.83. The van der Waals surface area contributed by atoms with Crippen LogP contribution in [0, 0.1) is 5.82 Å². The van der Waals surface area contributed by atoms with Gasteiger partial charge in [0.25, 0.3) is 0 Å². The molecule has 0 saturated heterocycles. The van der Waals surface area contributed by atoms with E-state index < -0.39 is 5.82 Å². The Morgan fingerprint density at radius 3 is 2.74 bits per heavy atom. The second kappa shape index (κ2) is 5.90. The fourth-order valence-electron chi connectivity index (χ4n) is 1.66. The van der Waals surface area contributed by atoms with Crippen LogP contribution in [0.4, 0.5) is 4.39 Å². The Morgan fingerprint density at radius 1 is 1.32 bits per heavy atom. The standard InChI is InChI=1S/C14H12BrClFNO/c1-8(18)10-3-2-4-12(17)14(10)19-13-7-9(15)5-6-11(13)16/h2-8H,18H2,1H3. The lowest BCUT2D eigenvalue weighted by molar-refractivity contribution is 0.432. The molecule has 0 aliphatic rings. The summed E-state index contributed by atoms with van der Waals surface area (Å²) in [6.07, 6.45) is 0. The van der Waals surface area contributed by atoms with Crippen LogP contribution in [0.1, 0.15) is 18.5 Å². The minimum absolute atomic E-state index is 0.109. The van der Waals surface area contributed by atoms with E-state index in [1.165, 1.54) is 6.07 Å². The van der Waals surface area contributed by atoms with Crippen LogP contribution in [0.5, 0.6) is 11.5 Å². The normalized spacial score (nSPS) is 12.3. The number of hydrogen-bond donors (Lipinski definition) is 1. The van der Waals surface area contributed by atoms with Gasteiger partial charge in [-0.3, -0.25) is 0 Å². The maximum absolute atomic E-state index is 13.9. The van der Waals surface area contributed by atoms with Crippen LogP contribution in [-0.2, 0) is 0 Å². The number of rotatable bonds is 3. The van der Waals surface area contributed by atoms with E-state index in [4.69, 9.17) is 22.1 Å². The predicted octanol–water partition coefficient (Wildman–Crippen LogP) is 5.05. The number of ether oxygens (including phenoxy) is 1. The van der Waals surface area contributed by atoms with Gasteiger partial charge in [0, 0.05) is 16.1 Å². The molecule has 5 heteroatoms. The number of benzene rings is 2. The number of hydrogen-bond acceptors (Lipinski definition) is 2. The summed E-state index contributed by atoms with van der Waals surface area (Å²) in [6.45, 7) is 1.77. The number of nitrogens with two attached hydrogens (primary N) is 1. The van der Waals surface area contributed by atoms with Gasteiger partial charge >= 0.3 is 0 Å². The van der Waals surface area contributed by atoms with Crippen LogP contribution in [0.15, 0.2) is 40.9 Å². The van der Waals surface area contributed by atoms with Gasteiger partial charge < -0.3 is 10.5 Å². The summed E-state index contributed by atoms with van der Waals surface area (Å²) < 4.78 is 20.3. The molecule has 100 valence electrons. The smallest absolute Gasteiger partial charge is 0.167 e. The van der Waals surface area contributed by atoms with E-state index in [0.29, 0.717) is 16.3 Å². The Hall–Kier alpha value is -1.10. The monoisotopic (exact) mass is 343 g/mol. The van der Waals surface area contributed by atoms with Crippen molar-refractivity contribution >= 4 is 27.5 Å². The molecular weight excluding hydrogens is 333 g/mol. The van der Waals surface area contributed by atoms with Crippen LogP contribution in [0.2, 0.25) is 5.02 Å². The third kappa shape index (κ3) is 3.26. The molecule has 1 atom stereocenters. The van der Waals surface area contributed by atoms with E-state index in [1.54, 1.807) is 37.3 Å². The van der Waals surface area contributed by atoms with Crippen molar-refractivity contribution in [3.63, 3.8) is 0 Å². The highest BCUT2D eigenvalue weighted by atomic mass is 79.9. The molecule has 0 spiro atoms. The molecule has 2 aromatic carbocycles. The molecule has 0 saturated carbocycles. The molecule has 2 rings (SSSR count). The van der Waals surface area contributed by atoms with Gasteiger partial charge in [0.05, 0.1) is 5.02 Å². The van der Waals surface area contributed by atoms with Crippen LogP contribution >= 0.6 is 27.5 Å². The fourth-order valence-corrected chi connectivity index (χ4v) is 2.15. The van der Waals surface area contributed by atoms with Crippen molar-refractivity contribution in [2.24, 2.45) is 5.73 Å².